The molecule has 0 saturated heterocycles. The Hall–Kier alpha value is -8.34. The Morgan fingerprint density at radius 1 is 0.306 bits per heavy atom. The fraction of sp³-hybridized carbons (Fsp3) is 0. The second-order valence-corrected chi connectivity index (χ2v) is 16.1. The van der Waals surface area contributed by atoms with Gasteiger partial charge in [-0.25, -0.2) is 4.98 Å². The molecule has 288 valence electrons. The van der Waals surface area contributed by atoms with Crippen LogP contribution in [0, 0.1) is 0 Å². The SMILES string of the molecule is c1cc(-c2ccc(-c3c4oc5ccccc5c4cc4oc5ccccc5c34)cc2)cc(-c2cccc(-c3cccc(-c4cnc5c6ccccc6c6ccccc6c5n4)c3)c2)c1. The predicted octanol–water partition coefficient (Wildman–Crippen LogP) is 16.1. The van der Waals surface area contributed by atoms with Crippen molar-refractivity contribution in [1.82, 2.24) is 9.97 Å². The van der Waals surface area contributed by atoms with E-state index in [1.165, 1.54) is 10.8 Å². The first-order chi connectivity index (χ1) is 30.7. The number of benzene rings is 10. The molecule has 62 heavy (non-hydrogen) atoms. The summed E-state index contributed by atoms with van der Waals surface area (Å²) in [5.41, 5.74) is 16.2. The van der Waals surface area contributed by atoms with E-state index in [0.29, 0.717) is 0 Å². The summed E-state index contributed by atoms with van der Waals surface area (Å²) in [7, 11) is 0. The zero-order valence-electron chi connectivity index (χ0n) is 33.3. The van der Waals surface area contributed by atoms with Crippen molar-refractivity contribution in [2.75, 3.05) is 0 Å². The van der Waals surface area contributed by atoms with Gasteiger partial charge in [0.25, 0.3) is 0 Å². The van der Waals surface area contributed by atoms with E-state index in [2.05, 4.69) is 176 Å². The number of rotatable bonds is 5. The van der Waals surface area contributed by atoms with Crippen LogP contribution in [0.5, 0.6) is 0 Å². The van der Waals surface area contributed by atoms with Gasteiger partial charge in [0.15, 0.2) is 0 Å². The number of furan rings is 2. The van der Waals surface area contributed by atoms with Crippen LogP contribution in [0.1, 0.15) is 0 Å². The summed E-state index contributed by atoms with van der Waals surface area (Å²) in [5, 5.41) is 8.90. The zero-order chi connectivity index (χ0) is 40.7. The van der Waals surface area contributed by atoms with Crippen LogP contribution in [0.15, 0.2) is 215 Å². The van der Waals surface area contributed by atoms with Gasteiger partial charge in [0.1, 0.15) is 22.3 Å². The minimum Gasteiger partial charge on any atom is -0.456 e. The standard InChI is InChI=1S/C58H34N2O2/c1-3-21-46-43(18-1)44-19-2-4-22-47(44)57-56(46)59-34-50(60-57)42-17-11-16-41(32-42)40-15-10-14-39(31-40)38-13-9-12-37(30-38)35-26-28-36(29-27-35)54-55-48-23-6-8-25-52(48)61-53(55)33-49-45-20-5-7-24-51(45)62-58(49)54/h1-34H. The van der Waals surface area contributed by atoms with E-state index in [0.717, 1.165) is 121 Å². The topological polar surface area (TPSA) is 52.1 Å². The second kappa shape index (κ2) is 13.6. The molecular formula is C58H34N2O2. The van der Waals surface area contributed by atoms with Gasteiger partial charge in [-0.2, -0.15) is 0 Å². The first kappa shape index (κ1) is 34.5. The summed E-state index contributed by atoms with van der Waals surface area (Å²) < 4.78 is 13.1. The molecule has 0 saturated carbocycles. The Morgan fingerprint density at radius 2 is 0.790 bits per heavy atom. The predicted molar refractivity (Wildman–Crippen MR) is 256 cm³/mol. The van der Waals surface area contributed by atoms with E-state index < -0.39 is 0 Å². The molecular weight excluding hydrogens is 757 g/mol. The van der Waals surface area contributed by atoms with Crippen LogP contribution in [0.25, 0.3) is 132 Å². The fourth-order valence-electron chi connectivity index (χ4n) is 9.54. The maximum Gasteiger partial charge on any atom is 0.144 e. The molecule has 3 heterocycles. The summed E-state index contributed by atoms with van der Waals surface area (Å²) >= 11 is 0. The van der Waals surface area contributed by atoms with Crippen LogP contribution < -0.4 is 0 Å². The van der Waals surface area contributed by atoms with Crippen molar-refractivity contribution in [3.8, 4) is 55.8 Å². The normalized spacial score (nSPS) is 11.9. The monoisotopic (exact) mass is 790 g/mol. The fourth-order valence-corrected chi connectivity index (χ4v) is 9.54. The highest BCUT2D eigenvalue weighted by Gasteiger charge is 2.21. The largest absolute Gasteiger partial charge is 0.456 e. The third kappa shape index (κ3) is 5.40. The summed E-state index contributed by atoms with van der Waals surface area (Å²) in [6.45, 7) is 0. The van der Waals surface area contributed by atoms with Crippen LogP contribution >= 0.6 is 0 Å². The summed E-state index contributed by atoms with van der Waals surface area (Å²) in [5.74, 6) is 0. The lowest BCUT2D eigenvalue weighted by Gasteiger charge is -2.12. The summed E-state index contributed by atoms with van der Waals surface area (Å²) in [6, 6.07) is 70.7. The lowest BCUT2D eigenvalue weighted by atomic mass is 9.93. The molecule has 0 atom stereocenters. The van der Waals surface area contributed by atoms with E-state index >= 15 is 0 Å². The molecule has 0 unspecified atom stereocenters. The molecule has 10 aromatic carbocycles. The van der Waals surface area contributed by atoms with E-state index in [1.54, 1.807) is 0 Å². The Kier molecular flexibility index (Phi) is 7.57. The highest BCUT2D eigenvalue weighted by molar-refractivity contribution is 6.24. The third-order valence-electron chi connectivity index (χ3n) is 12.5. The maximum atomic E-state index is 6.61. The number of para-hydroxylation sites is 2. The lowest BCUT2D eigenvalue weighted by Crippen LogP contribution is -1.92. The van der Waals surface area contributed by atoms with Gasteiger partial charge in [-0.05, 0) is 86.1 Å². The second-order valence-electron chi connectivity index (χ2n) is 16.1. The van der Waals surface area contributed by atoms with Crippen LogP contribution in [-0.4, -0.2) is 9.97 Å². The molecule has 13 aromatic rings. The van der Waals surface area contributed by atoms with Crippen molar-refractivity contribution >= 4 is 76.5 Å². The molecule has 4 nitrogen and oxygen atoms in total. The van der Waals surface area contributed by atoms with Crippen molar-refractivity contribution < 1.29 is 8.83 Å². The van der Waals surface area contributed by atoms with E-state index in [4.69, 9.17) is 18.8 Å². The van der Waals surface area contributed by atoms with E-state index in [1.807, 2.05) is 30.5 Å². The Labute approximate surface area is 356 Å². The van der Waals surface area contributed by atoms with Crippen molar-refractivity contribution in [3.63, 3.8) is 0 Å². The Balaban J connectivity index is 0.849. The van der Waals surface area contributed by atoms with E-state index in [9.17, 15) is 0 Å². The number of hydrogen-bond acceptors (Lipinski definition) is 4. The van der Waals surface area contributed by atoms with Gasteiger partial charge >= 0.3 is 0 Å². The van der Waals surface area contributed by atoms with Crippen LogP contribution in [0.2, 0.25) is 0 Å². The molecule has 0 N–H and O–H groups in total. The molecule has 0 amide bonds. The zero-order valence-corrected chi connectivity index (χ0v) is 33.3. The van der Waals surface area contributed by atoms with Crippen molar-refractivity contribution in [1.29, 1.82) is 0 Å². The van der Waals surface area contributed by atoms with Crippen molar-refractivity contribution in [2.24, 2.45) is 0 Å². The average molecular weight is 791 g/mol. The van der Waals surface area contributed by atoms with Gasteiger partial charge in [0.05, 0.1) is 22.9 Å². The number of hydrogen-bond donors (Lipinski definition) is 0. The van der Waals surface area contributed by atoms with Crippen molar-refractivity contribution in [2.45, 2.75) is 0 Å². The molecule has 0 aliphatic heterocycles. The van der Waals surface area contributed by atoms with Gasteiger partial charge in [-0.15, -0.1) is 0 Å². The van der Waals surface area contributed by atoms with Crippen LogP contribution in [0.4, 0.5) is 0 Å². The minimum atomic E-state index is 0.853. The highest BCUT2D eigenvalue weighted by Crippen LogP contribution is 2.45. The first-order valence-electron chi connectivity index (χ1n) is 21.0. The molecule has 3 aromatic heterocycles. The molecule has 0 radical (unpaired) electrons. The third-order valence-corrected chi connectivity index (χ3v) is 12.5. The summed E-state index contributed by atoms with van der Waals surface area (Å²) in [6.07, 6.45) is 1.91. The Morgan fingerprint density at radius 3 is 1.44 bits per heavy atom. The quantitative estimate of drug-likeness (QED) is 0.163. The van der Waals surface area contributed by atoms with Gasteiger partial charge in [-0.3, -0.25) is 4.98 Å². The number of aromatic nitrogens is 2. The average Bonchev–Trinajstić information content (AvgIpc) is 3.91. The van der Waals surface area contributed by atoms with Gasteiger partial charge in [0.2, 0.25) is 0 Å². The van der Waals surface area contributed by atoms with Gasteiger partial charge < -0.3 is 8.83 Å². The molecule has 13 rings (SSSR count). The van der Waals surface area contributed by atoms with Gasteiger partial charge in [-0.1, -0.05) is 164 Å². The Bertz CT molecular complexity index is 3890. The molecule has 0 aliphatic carbocycles. The molecule has 4 heteroatoms. The number of fused-ring (bicyclic) bond motifs is 12. The molecule has 0 fully saturated rings. The maximum absolute atomic E-state index is 6.61. The minimum absolute atomic E-state index is 0.853. The van der Waals surface area contributed by atoms with Crippen LogP contribution in [-0.2, 0) is 0 Å². The lowest BCUT2D eigenvalue weighted by molar-refractivity contribution is 0.664. The molecule has 0 bridgehead atoms. The number of nitrogens with zero attached hydrogens (tertiary/aromatic N) is 2. The molecule has 0 spiro atoms. The smallest absolute Gasteiger partial charge is 0.144 e. The van der Waals surface area contributed by atoms with Gasteiger partial charge in [0, 0.05) is 43.4 Å². The molecule has 0 aliphatic rings. The summed E-state index contributed by atoms with van der Waals surface area (Å²) in [4.78, 5) is 10.3. The first-order valence-corrected chi connectivity index (χ1v) is 21.0. The highest BCUT2D eigenvalue weighted by atomic mass is 16.3. The van der Waals surface area contributed by atoms with Crippen LogP contribution in [0.3, 0.4) is 0 Å². The van der Waals surface area contributed by atoms with Crippen molar-refractivity contribution in [3.05, 3.63) is 206 Å². The van der Waals surface area contributed by atoms with E-state index in [-0.39, 0.29) is 0 Å².